The Morgan fingerprint density at radius 3 is 2.84 bits per heavy atom. The van der Waals surface area contributed by atoms with Gasteiger partial charge in [-0.15, -0.1) is 0 Å². The molecular formula is C14H18N4O. The van der Waals surface area contributed by atoms with Gasteiger partial charge in [-0.2, -0.15) is 0 Å². The summed E-state index contributed by atoms with van der Waals surface area (Å²) in [6, 6.07) is 5.80. The van der Waals surface area contributed by atoms with E-state index >= 15 is 0 Å². The lowest BCUT2D eigenvalue weighted by Crippen LogP contribution is -2.05. The van der Waals surface area contributed by atoms with Gasteiger partial charge in [-0.3, -0.25) is 4.98 Å². The van der Waals surface area contributed by atoms with E-state index in [0.29, 0.717) is 12.4 Å². The number of methoxy groups -OCH3 is 1. The molecule has 5 heteroatoms. The predicted molar refractivity (Wildman–Crippen MR) is 74.9 cm³/mol. The molecule has 2 rings (SSSR count). The molecule has 0 aliphatic rings. The fraction of sp³-hybridized carbons (Fsp3) is 0.357. The van der Waals surface area contributed by atoms with Gasteiger partial charge in [-0.1, -0.05) is 6.07 Å². The standard InChI is InChI=1S/C14H18N4O/c1-4-15-12-8-11(9-19-3)17-14(18-12)13-10(2)6-5-7-16-13/h5-8H,4,9H2,1-3H3,(H,15,17,18). The largest absolute Gasteiger partial charge is 0.378 e. The van der Waals surface area contributed by atoms with Crippen LogP contribution in [0.4, 0.5) is 5.82 Å². The van der Waals surface area contributed by atoms with Gasteiger partial charge >= 0.3 is 0 Å². The number of pyridine rings is 1. The molecule has 0 saturated carbocycles. The highest BCUT2D eigenvalue weighted by Crippen LogP contribution is 2.19. The summed E-state index contributed by atoms with van der Waals surface area (Å²) in [6.45, 7) is 5.30. The van der Waals surface area contributed by atoms with Crippen molar-refractivity contribution in [2.24, 2.45) is 0 Å². The number of hydrogen-bond acceptors (Lipinski definition) is 5. The van der Waals surface area contributed by atoms with Crippen LogP contribution < -0.4 is 5.32 Å². The zero-order chi connectivity index (χ0) is 13.7. The Morgan fingerprint density at radius 2 is 2.16 bits per heavy atom. The lowest BCUT2D eigenvalue weighted by atomic mass is 10.2. The second-order valence-electron chi connectivity index (χ2n) is 4.20. The van der Waals surface area contributed by atoms with Crippen molar-refractivity contribution in [2.45, 2.75) is 20.5 Å². The van der Waals surface area contributed by atoms with Gasteiger partial charge in [0.05, 0.1) is 12.3 Å². The number of aromatic nitrogens is 3. The Balaban J connectivity index is 2.46. The molecule has 0 atom stereocenters. The lowest BCUT2D eigenvalue weighted by Gasteiger charge is -2.09. The number of aryl methyl sites for hydroxylation is 1. The average Bonchev–Trinajstić information content (AvgIpc) is 2.40. The minimum Gasteiger partial charge on any atom is -0.378 e. The Kier molecular flexibility index (Phi) is 4.41. The summed E-state index contributed by atoms with van der Waals surface area (Å²) in [6.07, 6.45) is 1.75. The quantitative estimate of drug-likeness (QED) is 0.892. The van der Waals surface area contributed by atoms with E-state index < -0.39 is 0 Å². The number of anilines is 1. The van der Waals surface area contributed by atoms with Gasteiger partial charge in [0.2, 0.25) is 0 Å². The Bertz CT molecular complexity index is 533. The summed E-state index contributed by atoms with van der Waals surface area (Å²) in [4.78, 5) is 13.4. The third kappa shape index (κ3) is 3.26. The van der Waals surface area contributed by atoms with Crippen molar-refractivity contribution in [3.8, 4) is 11.5 Å². The highest BCUT2D eigenvalue weighted by Gasteiger charge is 2.09. The SMILES string of the molecule is CCNc1cc(COC)nc(-c2ncccc2C)n1. The van der Waals surface area contributed by atoms with E-state index in [1.165, 1.54) is 0 Å². The minimum absolute atomic E-state index is 0.458. The third-order valence-corrected chi connectivity index (χ3v) is 2.65. The number of hydrogen-bond donors (Lipinski definition) is 1. The van der Waals surface area contributed by atoms with E-state index in [1.54, 1.807) is 13.3 Å². The Hall–Kier alpha value is -2.01. The minimum atomic E-state index is 0.458. The van der Waals surface area contributed by atoms with Gasteiger partial charge in [-0.25, -0.2) is 9.97 Å². The van der Waals surface area contributed by atoms with E-state index in [4.69, 9.17) is 4.74 Å². The van der Waals surface area contributed by atoms with Gasteiger partial charge < -0.3 is 10.1 Å². The molecule has 19 heavy (non-hydrogen) atoms. The van der Waals surface area contributed by atoms with E-state index in [0.717, 1.165) is 29.3 Å². The molecule has 1 N–H and O–H groups in total. The topological polar surface area (TPSA) is 59.9 Å². The first-order valence-electron chi connectivity index (χ1n) is 6.27. The highest BCUT2D eigenvalue weighted by molar-refractivity contribution is 5.56. The van der Waals surface area contributed by atoms with Crippen LogP contribution in [0.25, 0.3) is 11.5 Å². The molecular weight excluding hydrogens is 240 g/mol. The van der Waals surface area contributed by atoms with Crippen LogP contribution in [0.3, 0.4) is 0 Å². The van der Waals surface area contributed by atoms with Crippen molar-refractivity contribution in [3.05, 3.63) is 35.7 Å². The maximum Gasteiger partial charge on any atom is 0.180 e. The fourth-order valence-corrected chi connectivity index (χ4v) is 1.82. The molecule has 0 aliphatic heterocycles. The number of rotatable bonds is 5. The van der Waals surface area contributed by atoms with Gasteiger partial charge in [0.15, 0.2) is 5.82 Å². The number of nitrogens with zero attached hydrogens (tertiary/aromatic N) is 3. The van der Waals surface area contributed by atoms with Crippen molar-refractivity contribution >= 4 is 5.82 Å². The van der Waals surface area contributed by atoms with Crippen LogP contribution in [-0.4, -0.2) is 28.6 Å². The molecule has 0 spiro atoms. The molecule has 2 heterocycles. The van der Waals surface area contributed by atoms with Crippen molar-refractivity contribution in [3.63, 3.8) is 0 Å². The van der Waals surface area contributed by atoms with Crippen LogP contribution in [-0.2, 0) is 11.3 Å². The van der Waals surface area contributed by atoms with Crippen LogP contribution in [0.1, 0.15) is 18.2 Å². The van der Waals surface area contributed by atoms with Crippen molar-refractivity contribution in [1.29, 1.82) is 0 Å². The van der Waals surface area contributed by atoms with Gasteiger partial charge in [0.1, 0.15) is 11.5 Å². The molecule has 2 aromatic rings. The summed E-state index contributed by atoms with van der Waals surface area (Å²) in [5.41, 5.74) is 2.70. The van der Waals surface area contributed by atoms with E-state index in [2.05, 4.69) is 20.3 Å². The third-order valence-electron chi connectivity index (χ3n) is 2.65. The zero-order valence-corrected chi connectivity index (χ0v) is 11.5. The molecule has 0 aliphatic carbocycles. The highest BCUT2D eigenvalue weighted by atomic mass is 16.5. The summed E-state index contributed by atoms with van der Waals surface area (Å²) in [5, 5.41) is 3.20. The maximum atomic E-state index is 5.14. The predicted octanol–water partition coefficient (Wildman–Crippen LogP) is 2.43. The van der Waals surface area contributed by atoms with E-state index in [-0.39, 0.29) is 0 Å². The first-order chi connectivity index (χ1) is 9.24. The van der Waals surface area contributed by atoms with Crippen LogP contribution in [0.5, 0.6) is 0 Å². The monoisotopic (exact) mass is 258 g/mol. The van der Waals surface area contributed by atoms with Crippen molar-refractivity contribution in [1.82, 2.24) is 15.0 Å². The van der Waals surface area contributed by atoms with E-state index in [1.807, 2.05) is 32.0 Å². The molecule has 0 fully saturated rings. The van der Waals surface area contributed by atoms with E-state index in [9.17, 15) is 0 Å². The Labute approximate surface area is 113 Å². The second-order valence-corrected chi connectivity index (χ2v) is 4.20. The molecule has 0 unspecified atom stereocenters. The molecule has 0 amide bonds. The number of ether oxygens (including phenoxy) is 1. The average molecular weight is 258 g/mol. The van der Waals surface area contributed by atoms with Gasteiger partial charge in [0, 0.05) is 25.9 Å². The van der Waals surface area contributed by atoms with Gasteiger partial charge in [0.25, 0.3) is 0 Å². The molecule has 0 saturated heterocycles. The van der Waals surface area contributed by atoms with Crippen molar-refractivity contribution in [2.75, 3.05) is 19.0 Å². The molecule has 100 valence electrons. The van der Waals surface area contributed by atoms with Crippen LogP contribution in [0.2, 0.25) is 0 Å². The molecule has 0 radical (unpaired) electrons. The lowest BCUT2D eigenvalue weighted by molar-refractivity contribution is 0.181. The summed E-state index contributed by atoms with van der Waals surface area (Å²) in [7, 11) is 1.65. The summed E-state index contributed by atoms with van der Waals surface area (Å²) in [5.74, 6) is 1.42. The molecule has 0 bridgehead atoms. The van der Waals surface area contributed by atoms with Gasteiger partial charge in [-0.05, 0) is 25.5 Å². The maximum absolute atomic E-state index is 5.14. The first kappa shape index (κ1) is 13.4. The Morgan fingerprint density at radius 1 is 1.32 bits per heavy atom. The fourth-order valence-electron chi connectivity index (χ4n) is 1.82. The second kappa shape index (κ2) is 6.24. The van der Waals surface area contributed by atoms with Crippen molar-refractivity contribution < 1.29 is 4.74 Å². The smallest absolute Gasteiger partial charge is 0.180 e. The summed E-state index contributed by atoms with van der Waals surface area (Å²) >= 11 is 0. The van der Waals surface area contributed by atoms with Crippen LogP contribution >= 0.6 is 0 Å². The van der Waals surface area contributed by atoms with Crippen LogP contribution in [0, 0.1) is 6.92 Å². The zero-order valence-electron chi connectivity index (χ0n) is 11.5. The molecule has 5 nitrogen and oxygen atoms in total. The van der Waals surface area contributed by atoms with Crippen LogP contribution in [0.15, 0.2) is 24.4 Å². The molecule has 0 aromatic carbocycles. The number of nitrogens with one attached hydrogen (secondary N) is 1. The molecule has 2 aromatic heterocycles. The first-order valence-corrected chi connectivity index (χ1v) is 6.27. The normalized spacial score (nSPS) is 10.5. The summed E-state index contributed by atoms with van der Waals surface area (Å²) < 4.78 is 5.14.